The van der Waals surface area contributed by atoms with Crippen LogP contribution in [0.1, 0.15) is 20.9 Å². The zero-order valence-corrected chi connectivity index (χ0v) is 15.7. The van der Waals surface area contributed by atoms with Crippen LogP contribution >= 0.6 is 34.4 Å². The highest BCUT2D eigenvalue weighted by Crippen LogP contribution is 2.28. The van der Waals surface area contributed by atoms with Gasteiger partial charge in [0.25, 0.3) is 5.91 Å². The molecule has 1 N–H and O–H groups in total. The number of thiophene rings is 1. The van der Waals surface area contributed by atoms with Crippen LogP contribution in [0.4, 0.5) is 0 Å². The molecule has 4 rings (SSSR count). The zero-order valence-electron chi connectivity index (χ0n) is 13.2. The summed E-state index contributed by atoms with van der Waals surface area (Å²) in [7, 11) is 0. The molecule has 0 saturated carbocycles. The molecule has 0 fully saturated rings. The molecular weight excluding hydrogens is 370 g/mol. The first-order valence-electron chi connectivity index (χ1n) is 7.73. The molecule has 3 heterocycles. The number of imidazole rings is 1. The van der Waals surface area contributed by atoms with E-state index in [2.05, 4.69) is 27.8 Å². The fourth-order valence-electron chi connectivity index (χ4n) is 2.45. The summed E-state index contributed by atoms with van der Waals surface area (Å²) in [6, 6.07) is 11.9. The molecule has 1 amide bonds. The Bertz CT molecular complexity index is 960. The maximum Gasteiger partial charge on any atom is 0.252 e. The highest BCUT2D eigenvalue weighted by atomic mass is 32.2. The van der Waals surface area contributed by atoms with Crippen molar-refractivity contribution in [2.24, 2.45) is 0 Å². The van der Waals surface area contributed by atoms with Crippen molar-refractivity contribution >= 4 is 45.3 Å². The third-order valence-electron chi connectivity index (χ3n) is 3.65. The van der Waals surface area contributed by atoms with Gasteiger partial charge in [0.05, 0.1) is 17.8 Å². The Morgan fingerprint density at radius 1 is 1.16 bits per heavy atom. The Morgan fingerprint density at radius 3 is 2.92 bits per heavy atom. The van der Waals surface area contributed by atoms with Crippen LogP contribution in [-0.4, -0.2) is 15.3 Å². The van der Waals surface area contributed by atoms with Gasteiger partial charge in [-0.15, -0.1) is 34.4 Å². The Morgan fingerprint density at radius 2 is 2.08 bits per heavy atom. The number of thioether (sulfide) groups is 1. The van der Waals surface area contributed by atoms with E-state index in [-0.39, 0.29) is 5.91 Å². The van der Waals surface area contributed by atoms with Crippen molar-refractivity contribution in [1.82, 2.24) is 14.7 Å². The zero-order chi connectivity index (χ0) is 17.1. The number of nitrogens with zero attached hydrogens (tertiary/aromatic N) is 2. The first kappa shape index (κ1) is 16.4. The monoisotopic (exact) mass is 385 g/mol. The van der Waals surface area contributed by atoms with E-state index in [1.807, 2.05) is 46.4 Å². The van der Waals surface area contributed by atoms with Crippen LogP contribution in [-0.2, 0) is 12.3 Å². The van der Waals surface area contributed by atoms with Gasteiger partial charge >= 0.3 is 0 Å². The molecule has 0 aliphatic rings. The Kier molecular flexibility index (Phi) is 4.87. The van der Waals surface area contributed by atoms with Gasteiger partial charge in [-0.2, -0.15) is 0 Å². The van der Waals surface area contributed by atoms with Gasteiger partial charge in [-0.25, -0.2) is 4.98 Å². The lowest BCUT2D eigenvalue weighted by molar-refractivity contribution is 0.0947. The van der Waals surface area contributed by atoms with E-state index in [1.165, 1.54) is 4.88 Å². The van der Waals surface area contributed by atoms with Crippen molar-refractivity contribution in [2.45, 2.75) is 17.2 Å². The lowest BCUT2D eigenvalue weighted by Gasteiger charge is -2.09. The highest BCUT2D eigenvalue weighted by molar-refractivity contribution is 7.98. The third kappa shape index (κ3) is 3.78. The number of fused-ring (bicyclic) bond motifs is 1. The number of thiazole rings is 1. The molecule has 0 bridgehead atoms. The van der Waals surface area contributed by atoms with Crippen LogP contribution in [0.15, 0.2) is 64.4 Å². The van der Waals surface area contributed by atoms with Crippen LogP contribution in [0.3, 0.4) is 0 Å². The van der Waals surface area contributed by atoms with E-state index in [4.69, 9.17) is 0 Å². The minimum absolute atomic E-state index is 0.0642. The van der Waals surface area contributed by atoms with Crippen LogP contribution < -0.4 is 5.32 Å². The van der Waals surface area contributed by atoms with Crippen molar-refractivity contribution in [3.8, 4) is 0 Å². The van der Waals surface area contributed by atoms with Crippen LogP contribution in [0, 0.1) is 0 Å². The molecule has 0 radical (unpaired) electrons. The molecule has 1 aromatic carbocycles. The van der Waals surface area contributed by atoms with E-state index >= 15 is 0 Å². The SMILES string of the molecule is O=C(NCc1cn2ccsc2n1)c1ccccc1SCc1cccs1. The lowest BCUT2D eigenvalue weighted by atomic mass is 10.2. The van der Waals surface area contributed by atoms with Crippen LogP contribution in [0.25, 0.3) is 4.96 Å². The topological polar surface area (TPSA) is 46.4 Å². The van der Waals surface area contributed by atoms with E-state index in [0.717, 1.165) is 21.3 Å². The number of hydrogen-bond donors (Lipinski definition) is 1. The lowest BCUT2D eigenvalue weighted by Crippen LogP contribution is -2.23. The quantitative estimate of drug-likeness (QED) is 0.490. The Hall–Kier alpha value is -2.09. The second-order valence-corrected chi connectivity index (χ2v) is 8.29. The molecule has 0 aliphatic carbocycles. The maximum absolute atomic E-state index is 12.6. The summed E-state index contributed by atoms with van der Waals surface area (Å²) in [5, 5.41) is 7.04. The summed E-state index contributed by atoms with van der Waals surface area (Å²) >= 11 is 5.01. The van der Waals surface area contributed by atoms with Gasteiger partial charge in [-0.3, -0.25) is 9.20 Å². The molecule has 0 unspecified atom stereocenters. The first-order chi connectivity index (χ1) is 12.3. The molecule has 7 heteroatoms. The number of rotatable bonds is 6. The standard InChI is InChI=1S/C18H15N3OS3/c22-17(19-10-13-11-21-7-9-24-18(21)20-13)15-5-1-2-6-16(15)25-12-14-4-3-8-23-14/h1-9,11H,10,12H2,(H,19,22). The van der Waals surface area contributed by atoms with Gasteiger partial charge < -0.3 is 5.32 Å². The van der Waals surface area contributed by atoms with E-state index in [0.29, 0.717) is 12.1 Å². The largest absolute Gasteiger partial charge is 0.346 e. The Labute approximate surface area is 157 Å². The number of carbonyl (C=O) groups excluding carboxylic acids is 1. The summed E-state index contributed by atoms with van der Waals surface area (Å²) in [6.45, 7) is 0.428. The average Bonchev–Trinajstić information content (AvgIpc) is 3.35. The van der Waals surface area contributed by atoms with Gasteiger partial charge in [-0.05, 0) is 23.6 Å². The summed E-state index contributed by atoms with van der Waals surface area (Å²) in [4.78, 5) is 20.3. The van der Waals surface area contributed by atoms with Crippen molar-refractivity contribution in [1.29, 1.82) is 0 Å². The molecule has 25 heavy (non-hydrogen) atoms. The van der Waals surface area contributed by atoms with Crippen molar-refractivity contribution in [3.63, 3.8) is 0 Å². The number of aromatic nitrogens is 2. The molecule has 4 nitrogen and oxygen atoms in total. The van der Waals surface area contributed by atoms with Gasteiger partial charge in [0.15, 0.2) is 4.96 Å². The van der Waals surface area contributed by atoms with E-state index in [9.17, 15) is 4.79 Å². The summed E-state index contributed by atoms with van der Waals surface area (Å²) < 4.78 is 1.97. The summed E-state index contributed by atoms with van der Waals surface area (Å²) in [5.74, 6) is 0.810. The minimum Gasteiger partial charge on any atom is -0.346 e. The second-order valence-electron chi connectivity index (χ2n) is 5.37. The number of carbonyl (C=O) groups is 1. The normalized spacial score (nSPS) is 11.0. The first-order valence-corrected chi connectivity index (χ1v) is 10.5. The summed E-state index contributed by atoms with van der Waals surface area (Å²) in [6.07, 6.45) is 3.92. The number of benzene rings is 1. The van der Waals surface area contributed by atoms with Crippen molar-refractivity contribution in [2.75, 3.05) is 0 Å². The molecule has 0 spiro atoms. The average molecular weight is 386 g/mol. The van der Waals surface area contributed by atoms with Crippen molar-refractivity contribution < 1.29 is 4.79 Å². The number of amides is 1. The summed E-state index contributed by atoms with van der Waals surface area (Å²) in [5.41, 5.74) is 1.58. The minimum atomic E-state index is -0.0642. The molecule has 0 atom stereocenters. The van der Waals surface area contributed by atoms with Gasteiger partial charge in [0.1, 0.15) is 0 Å². The van der Waals surface area contributed by atoms with Gasteiger partial charge in [0, 0.05) is 33.3 Å². The van der Waals surface area contributed by atoms with Gasteiger partial charge in [-0.1, -0.05) is 18.2 Å². The second kappa shape index (κ2) is 7.43. The van der Waals surface area contributed by atoms with E-state index in [1.54, 1.807) is 34.4 Å². The predicted molar refractivity (Wildman–Crippen MR) is 105 cm³/mol. The third-order valence-corrected chi connectivity index (χ3v) is 6.61. The fraction of sp³-hybridized carbons (Fsp3) is 0.111. The number of nitrogens with one attached hydrogen (secondary N) is 1. The maximum atomic E-state index is 12.6. The molecule has 0 aliphatic heterocycles. The molecule has 4 aromatic rings. The van der Waals surface area contributed by atoms with Gasteiger partial charge in [0.2, 0.25) is 0 Å². The van der Waals surface area contributed by atoms with Crippen LogP contribution in [0.2, 0.25) is 0 Å². The predicted octanol–water partition coefficient (Wildman–Crippen LogP) is 4.68. The van der Waals surface area contributed by atoms with Crippen LogP contribution in [0.5, 0.6) is 0 Å². The molecular formula is C18H15N3OS3. The highest BCUT2D eigenvalue weighted by Gasteiger charge is 2.12. The molecule has 126 valence electrons. The number of hydrogen-bond acceptors (Lipinski definition) is 5. The molecule has 0 saturated heterocycles. The van der Waals surface area contributed by atoms with Crippen molar-refractivity contribution in [3.05, 3.63) is 75.7 Å². The fourth-order valence-corrected chi connectivity index (χ4v) is 4.99. The molecule has 3 aromatic heterocycles. The van der Waals surface area contributed by atoms with E-state index < -0.39 is 0 Å². The smallest absolute Gasteiger partial charge is 0.252 e. The Balaban J connectivity index is 1.43.